The normalized spacial score (nSPS) is 21.8. The van der Waals surface area contributed by atoms with Crippen molar-refractivity contribution >= 4 is 45.1 Å². The molecule has 0 aromatic heterocycles. The molecule has 22 heavy (non-hydrogen) atoms. The third-order valence-electron chi connectivity index (χ3n) is 3.32. The molecule has 0 spiro atoms. The van der Waals surface area contributed by atoms with Crippen molar-refractivity contribution in [2.75, 3.05) is 23.9 Å². The quantitative estimate of drug-likeness (QED) is 0.890. The van der Waals surface area contributed by atoms with E-state index in [1.54, 1.807) is 19.1 Å². The van der Waals surface area contributed by atoms with E-state index in [1.807, 2.05) is 6.92 Å². The van der Waals surface area contributed by atoms with Gasteiger partial charge in [0.05, 0.1) is 15.7 Å². The Morgan fingerprint density at radius 2 is 1.86 bits per heavy atom. The van der Waals surface area contributed by atoms with Crippen LogP contribution in [0.2, 0.25) is 10.0 Å². The number of aryl methyl sites for hydroxylation is 1. The van der Waals surface area contributed by atoms with Gasteiger partial charge in [-0.25, -0.2) is 0 Å². The van der Waals surface area contributed by atoms with Crippen molar-refractivity contribution in [1.82, 2.24) is 4.31 Å². The Morgan fingerprint density at radius 1 is 1.32 bits per heavy atom. The number of carboxylic acids is 1. The molecule has 1 N–H and O–H groups in total. The van der Waals surface area contributed by atoms with Gasteiger partial charge in [-0.2, -0.15) is 12.7 Å². The average Bonchev–Trinajstić information content (AvgIpc) is 2.33. The van der Waals surface area contributed by atoms with Crippen LogP contribution in [0.15, 0.2) is 12.1 Å². The van der Waals surface area contributed by atoms with Crippen LogP contribution in [0.5, 0.6) is 0 Å². The molecule has 0 aliphatic carbocycles. The maximum Gasteiger partial charge on any atom is 0.318 e. The van der Waals surface area contributed by atoms with Gasteiger partial charge in [-0.05, 0) is 30.5 Å². The second-order valence-electron chi connectivity index (χ2n) is 5.41. The van der Waals surface area contributed by atoms with Gasteiger partial charge in [0.1, 0.15) is 6.54 Å². The Kier molecular flexibility index (Phi) is 4.91. The number of carbonyl (C=O) groups is 1. The largest absolute Gasteiger partial charge is 0.480 e. The van der Waals surface area contributed by atoms with Gasteiger partial charge in [0.25, 0.3) is 0 Å². The zero-order valence-electron chi connectivity index (χ0n) is 12.1. The predicted octanol–water partition coefficient (Wildman–Crippen LogP) is 2.39. The van der Waals surface area contributed by atoms with E-state index in [2.05, 4.69) is 0 Å². The molecule has 2 rings (SSSR count). The summed E-state index contributed by atoms with van der Waals surface area (Å²) in [5.41, 5.74) is 1.000. The maximum absolute atomic E-state index is 12.7. The molecule has 1 aliphatic heterocycles. The lowest BCUT2D eigenvalue weighted by Gasteiger charge is -2.39. The number of hydrogen-bond donors (Lipinski definition) is 1. The van der Waals surface area contributed by atoms with E-state index in [4.69, 9.17) is 28.3 Å². The standard InChI is InChI=1S/C13H16Cl2N2O4S/c1-8-3-10(14)13(11(15)4-8)17-6-9(2)5-16(7-12(18)19)22(17,20)21/h3-4,9H,5-7H2,1-2H3,(H,18,19)/t9-/m0/s1. The summed E-state index contributed by atoms with van der Waals surface area (Å²) in [5, 5.41) is 9.35. The maximum atomic E-state index is 12.7. The van der Waals surface area contributed by atoms with E-state index >= 15 is 0 Å². The number of rotatable bonds is 3. The zero-order chi connectivity index (χ0) is 16.7. The topological polar surface area (TPSA) is 77.9 Å². The minimum atomic E-state index is -3.99. The van der Waals surface area contributed by atoms with Gasteiger partial charge in [-0.1, -0.05) is 30.1 Å². The van der Waals surface area contributed by atoms with Crippen LogP contribution in [-0.2, 0) is 15.0 Å². The number of hydrogen-bond acceptors (Lipinski definition) is 3. The first-order chi connectivity index (χ1) is 10.1. The van der Waals surface area contributed by atoms with Crippen molar-refractivity contribution in [2.24, 2.45) is 5.92 Å². The van der Waals surface area contributed by atoms with Gasteiger partial charge >= 0.3 is 16.2 Å². The summed E-state index contributed by atoms with van der Waals surface area (Å²) < 4.78 is 27.3. The Hall–Kier alpha value is -1.02. The van der Waals surface area contributed by atoms with Gasteiger partial charge in [0.2, 0.25) is 0 Å². The summed E-state index contributed by atoms with van der Waals surface area (Å²) in [6.45, 7) is 3.38. The van der Waals surface area contributed by atoms with E-state index in [0.29, 0.717) is 0 Å². The molecule has 122 valence electrons. The monoisotopic (exact) mass is 366 g/mol. The number of halogens is 2. The highest BCUT2D eigenvalue weighted by Crippen LogP contribution is 2.39. The van der Waals surface area contributed by atoms with Gasteiger partial charge in [0.15, 0.2) is 0 Å². The van der Waals surface area contributed by atoms with Gasteiger partial charge in [0, 0.05) is 13.1 Å². The lowest BCUT2D eigenvalue weighted by Crippen LogP contribution is -2.54. The first kappa shape index (κ1) is 17.3. The highest BCUT2D eigenvalue weighted by atomic mass is 35.5. The fourth-order valence-electron chi connectivity index (χ4n) is 2.45. The van der Waals surface area contributed by atoms with Crippen LogP contribution in [0.1, 0.15) is 12.5 Å². The molecule has 0 bridgehead atoms. The number of anilines is 1. The van der Waals surface area contributed by atoms with Crippen molar-refractivity contribution in [2.45, 2.75) is 13.8 Å². The minimum absolute atomic E-state index is 0.0590. The molecule has 1 aromatic carbocycles. The number of nitrogens with zero attached hydrogens (tertiary/aromatic N) is 2. The average molecular weight is 367 g/mol. The van der Waals surface area contributed by atoms with E-state index in [1.165, 1.54) is 0 Å². The Labute approximate surface area is 139 Å². The molecular formula is C13H16Cl2N2O4S. The molecule has 0 saturated carbocycles. The highest BCUT2D eigenvalue weighted by molar-refractivity contribution is 7.90. The molecule has 0 radical (unpaired) electrons. The molecule has 1 aliphatic rings. The van der Waals surface area contributed by atoms with Gasteiger partial charge < -0.3 is 5.11 Å². The summed E-state index contributed by atoms with van der Waals surface area (Å²) in [7, 11) is -3.99. The molecule has 1 fully saturated rings. The fourth-order valence-corrected chi connectivity index (χ4v) is 5.22. The van der Waals surface area contributed by atoms with Crippen molar-refractivity contribution < 1.29 is 18.3 Å². The second kappa shape index (κ2) is 6.23. The Bertz CT molecular complexity index is 685. The number of benzene rings is 1. The minimum Gasteiger partial charge on any atom is -0.480 e. The molecule has 1 saturated heterocycles. The molecule has 0 amide bonds. The van der Waals surface area contributed by atoms with Crippen LogP contribution < -0.4 is 4.31 Å². The second-order valence-corrected chi connectivity index (χ2v) is 8.07. The number of carboxylic acid groups (broad SMARTS) is 1. The molecule has 9 heteroatoms. The molecule has 1 heterocycles. The molecule has 1 aromatic rings. The first-order valence-corrected chi connectivity index (χ1v) is 8.73. The first-order valence-electron chi connectivity index (χ1n) is 6.58. The molecule has 0 unspecified atom stereocenters. The lowest BCUT2D eigenvalue weighted by atomic mass is 10.1. The summed E-state index contributed by atoms with van der Waals surface area (Å²) in [6, 6.07) is 3.25. The van der Waals surface area contributed by atoms with Crippen LogP contribution in [-0.4, -0.2) is 43.4 Å². The summed E-state index contributed by atoms with van der Waals surface area (Å²) in [4.78, 5) is 10.9. The van der Waals surface area contributed by atoms with Crippen molar-refractivity contribution in [3.63, 3.8) is 0 Å². The van der Waals surface area contributed by atoms with Crippen LogP contribution in [0, 0.1) is 12.8 Å². The predicted molar refractivity (Wildman–Crippen MR) is 85.8 cm³/mol. The van der Waals surface area contributed by atoms with Crippen LogP contribution in [0.4, 0.5) is 5.69 Å². The molecular weight excluding hydrogens is 351 g/mol. The van der Waals surface area contributed by atoms with Gasteiger partial charge in [-0.15, -0.1) is 0 Å². The van der Waals surface area contributed by atoms with Crippen molar-refractivity contribution in [1.29, 1.82) is 0 Å². The van der Waals surface area contributed by atoms with Gasteiger partial charge in [-0.3, -0.25) is 9.10 Å². The van der Waals surface area contributed by atoms with Crippen LogP contribution in [0.3, 0.4) is 0 Å². The lowest BCUT2D eigenvalue weighted by molar-refractivity contribution is -0.137. The van der Waals surface area contributed by atoms with Crippen LogP contribution >= 0.6 is 23.2 Å². The SMILES string of the molecule is Cc1cc(Cl)c(N2C[C@@H](C)CN(CC(=O)O)S2(=O)=O)c(Cl)c1. The fraction of sp³-hybridized carbons (Fsp3) is 0.462. The van der Waals surface area contributed by atoms with Crippen LogP contribution in [0.25, 0.3) is 0 Å². The molecule has 6 nitrogen and oxygen atoms in total. The number of aliphatic carboxylic acids is 1. The van der Waals surface area contributed by atoms with E-state index in [9.17, 15) is 13.2 Å². The van der Waals surface area contributed by atoms with E-state index in [0.717, 1.165) is 14.2 Å². The highest BCUT2D eigenvalue weighted by Gasteiger charge is 2.39. The summed E-state index contributed by atoms with van der Waals surface area (Å²) in [5.74, 6) is -1.27. The van der Waals surface area contributed by atoms with E-state index < -0.39 is 22.7 Å². The molecule has 1 atom stereocenters. The van der Waals surface area contributed by atoms with Crippen molar-refractivity contribution in [3.05, 3.63) is 27.7 Å². The zero-order valence-corrected chi connectivity index (χ0v) is 14.4. The Balaban J connectivity index is 2.52. The van der Waals surface area contributed by atoms with E-state index in [-0.39, 0.29) is 34.7 Å². The third-order valence-corrected chi connectivity index (χ3v) is 5.72. The van der Waals surface area contributed by atoms with Crippen molar-refractivity contribution in [3.8, 4) is 0 Å². The Morgan fingerprint density at radius 3 is 2.36 bits per heavy atom. The summed E-state index contributed by atoms with van der Waals surface area (Å²) >= 11 is 12.3. The smallest absolute Gasteiger partial charge is 0.318 e. The summed E-state index contributed by atoms with van der Waals surface area (Å²) in [6.07, 6.45) is 0. The third kappa shape index (κ3) is 3.32.